The van der Waals surface area contributed by atoms with Crippen LogP contribution in [0.15, 0.2) is 48.5 Å². The number of nitrogens with zero attached hydrogens (tertiary/aromatic N) is 1. The highest BCUT2D eigenvalue weighted by Crippen LogP contribution is 2.34. The first kappa shape index (κ1) is 16.7. The van der Waals surface area contributed by atoms with Gasteiger partial charge in [0.15, 0.2) is 0 Å². The molecular weight excluding hydrogens is 301 g/mol. The van der Waals surface area contributed by atoms with E-state index in [1.807, 2.05) is 24.3 Å². The lowest BCUT2D eigenvalue weighted by Crippen LogP contribution is -2.40. The van der Waals surface area contributed by atoms with Crippen molar-refractivity contribution in [3.05, 3.63) is 71.0 Å². The van der Waals surface area contributed by atoms with Gasteiger partial charge in [0.1, 0.15) is 11.4 Å². The molecule has 1 atom stereocenters. The van der Waals surface area contributed by atoms with Gasteiger partial charge < -0.3 is 5.11 Å². The smallest absolute Gasteiger partial charge is 0.123 e. The maximum Gasteiger partial charge on any atom is 0.123 e. The Kier molecular flexibility index (Phi) is 4.71. The first-order chi connectivity index (χ1) is 11.4. The van der Waals surface area contributed by atoms with Crippen LogP contribution in [0.4, 0.5) is 4.39 Å². The topological polar surface area (TPSA) is 23.5 Å². The van der Waals surface area contributed by atoms with Crippen LogP contribution in [-0.4, -0.2) is 22.2 Å². The second kappa shape index (κ2) is 6.76. The molecule has 1 N–H and O–H groups in total. The van der Waals surface area contributed by atoms with Gasteiger partial charge in [0.25, 0.3) is 0 Å². The molecule has 124 valence electrons. The Bertz CT molecular complexity index is 748. The maximum atomic E-state index is 13.1. The molecule has 1 unspecified atom stereocenters. The van der Waals surface area contributed by atoms with E-state index in [0.717, 1.165) is 25.1 Å². The van der Waals surface area contributed by atoms with Crippen molar-refractivity contribution in [2.75, 3.05) is 6.54 Å². The highest BCUT2D eigenvalue weighted by atomic mass is 19.1. The van der Waals surface area contributed by atoms with Crippen LogP contribution in [0.5, 0.6) is 0 Å². The highest BCUT2D eigenvalue weighted by Gasteiger charge is 2.29. The van der Waals surface area contributed by atoms with Crippen LogP contribution < -0.4 is 0 Å². The normalized spacial score (nSPS) is 17.8. The van der Waals surface area contributed by atoms with E-state index in [0.29, 0.717) is 6.04 Å². The van der Waals surface area contributed by atoms with Crippen LogP contribution in [0.3, 0.4) is 0 Å². The lowest BCUT2D eigenvalue weighted by molar-refractivity contribution is 0.0818. The van der Waals surface area contributed by atoms with Gasteiger partial charge in [-0.1, -0.05) is 36.1 Å². The van der Waals surface area contributed by atoms with Gasteiger partial charge in [0.2, 0.25) is 0 Å². The molecule has 0 amide bonds. The van der Waals surface area contributed by atoms with E-state index in [1.54, 1.807) is 13.8 Å². The largest absolute Gasteiger partial charge is 0.378 e. The van der Waals surface area contributed by atoms with Crippen molar-refractivity contribution in [2.24, 2.45) is 0 Å². The molecule has 0 aliphatic carbocycles. The fourth-order valence-electron chi connectivity index (χ4n) is 2.85. The lowest BCUT2D eigenvalue weighted by atomic mass is 9.94. The monoisotopic (exact) mass is 323 g/mol. The van der Waals surface area contributed by atoms with E-state index in [1.165, 1.54) is 23.3 Å². The minimum Gasteiger partial charge on any atom is -0.378 e. The van der Waals surface area contributed by atoms with Crippen LogP contribution in [0.1, 0.15) is 43.0 Å². The minimum absolute atomic E-state index is 0.188. The van der Waals surface area contributed by atoms with Gasteiger partial charge in [-0.3, -0.25) is 4.90 Å². The van der Waals surface area contributed by atoms with E-state index >= 15 is 0 Å². The molecule has 24 heavy (non-hydrogen) atoms. The summed E-state index contributed by atoms with van der Waals surface area (Å²) in [5.41, 5.74) is 2.34. The molecule has 0 bridgehead atoms. The van der Waals surface area contributed by atoms with Crippen LogP contribution in [0.25, 0.3) is 0 Å². The van der Waals surface area contributed by atoms with Gasteiger partial charge in [0.05, 0.1) is 0 Å². The van der Waals surface area contributed by atoms with Crippen LogP contribution in [0.2, 0.25) is 0 Å². The van der Waals surface area contributed by atoms with Crippen LogP contribution in [0, 0.1) is 17.7 Å². The molecule has 3 heteroatoms. The van der Waals surface area contributed by atoms with Crippen molar-refractivity contribution in [2.45, 2.75) is 38.5 Å². The van der Waals surface area contributed by atoms with Crippen molar-refractivity contribution in [1.29, 1.82) is 0 Å². The number of aliphatic hydroxyl groups is 1. The summed E-state index contributed by atoms with van der Waals surface area (Å²) in [5, 5.41) is 9.64. The SMILES string of the molecule is CC(C)(O)C#Cc1ccc(CN2CCC2c2ccc(F)cc2)cc1. The van der Waals surface area contributed by atoms with Gasteiger partial charge in [-0.25, -0.2) is 4.39 Å². The summed E-state index contributed by atoms with van der Waals surface area (Å²) in [7, 11) is 0. The maximum absolute atomic E-state index is 13.1. The molecule has 2 aromatic rings. The third-order valence-corrected chi connectivity index (χ3v) is 4.24. The average Bonchev–Trinajstić information content (AvgIpc) is 2.52. The lowest BCUT2D eigenvalue weighted by Gasteiger charge is -2.41. The molecule has 2 nitrogen and oxygen atoms in total. The Balaban J connectivity index is 1.64. The van der Waals surface area contributed by atoms with E-state index < -0.39 is 5.60 Å². The Morgan fingerprint density at radius 2 is 1.79 bits per heavy atom. The van der Waals surface area contributed by atoms with Gasteiger partial charge in [-0.2, -0.15) is 0 Å². The Morgan fingerprint density at radius 1 is 1.12 bits per heavy atom. The molecule has 2 aromatic carbocycles. The Morgan fingerprint density at radius 3 is 2.33 bits per heavy atom. The van der Waals surface area contributed by atoms with Crippen molar-refractivity contribution in [3.8, 4) is 11.8 Å². The third-order valence-electron chi connectivity index (χ3n) is 4.24. The first-order valence-corrected chi connectivity index (χ1v) is 8.25. The molecular formula is C21H22FNO. The molecule has 1 fully saturated rings. The zero-order valence-electron chi connectivity index (χ0n) is 14.1. The number of halogens is 1. The van der Waals surface area contributed by atoms with E-state index in [-0.39, 0.29) is 5.82 Å². The van der Waals surface area contributed by atoms with Crippen molar-refractivity contribution in [1.82, 2.24) is 4.90 Å². The molecule has 1 aliphatic heterocycles. The molecule has 3 rings (SSSR count). The number of hydrogen-bond acceptors (Lipinski definition) is 2. The molecule has 0 radical (unpaired) electrons. The summed E-state index contributed by atoms with van der Waals surface area (Å²) in [6, 6.07) is 15.3. The van der Waals surface area contributed by atoms with Crippen LogP contribution >= 0.6 is 0 Å². The van der Waals surface area contributed by atoms with Gasteiger partial charge in [0, 0.05) is 24.7 Å². The predicted octanol–water partition coefficient (Wildman–Crippen LogP) is 3.90. The summed E-state index contributed by atoms with van der Waals surface area (Å²) >= 11 is 0. The van der Waals surface area contributed by atoms with Crippen molar-refractivity contribution in [3.63, 3.8) is 0 Å². The minimum atomic E-state index is -0.974. The average molecular weight is 323 g/mol. The molecule has 0 saturated carbocycles. The Labute approximate surface area is 142 Å². The number of likely N-dealkylation sites (tertiary alicyclic amines) is 1. The van der Waals surface area contributed by atoms with Gasteiger partial charge in [-0.05, 0) is 55.7 Å². The summed E-state index contributed by atoms with van der Waals surface area (Å²) in [6.07, 6.45) is 1.11. The van der Waals surface area contributed by atoms with Crippen LogP contribution in [-0.2, 0) is 6.54 Å². The van der Waals surface area contributed by atoms with Crippen molar-refractivity contribution < 1.29 is 9.50 Å². The number of rotatable bonds is 3. The molecule has 0 spiro atoms. The standard InChI is InChI=1S/C21H22FNO/c1-21(2,24)13-11-16-3-5-17(6-4-16)15-23-14-12-20(23)18-7-9-19(22)10-8-18/h3-10,20,24H,12,14-15H2,1-2H3. The van der Waals surface area contributed by atoms with Crippen molar-refractivity contribution >= 4 is 0 Å². The molecule has 1 aliphatic rings. The number of benzene rings is 2. The summed E-state index contributed by atoms with van der Waals surface area (Å²) in [5.74, 6) is 5.61. The zero-order chi connectivity index (χ0) is 17.2. The summed E-state index contributed by atoms with van der Waals surface area (Å²) in [4.78, 5) is 2.39. The fraction of sp³-hybridized carbons (Fsp3) is 0.333. The Hall–Kier alpha value is -2.15. The fourth-order valence-corrected chi connectivity index (χ4v) is 2.85. The summed E-state index contributed by atoms with van der Waals surface area (Å²) < 4.78 is 13.1. The zero-order valence-corrected chi connectivity index (χ0v) is 14.1. The molecule has 1 heterocycles. The quantitative estimate of drug-likeness (QED) is 0.866. The van der Waals surface area contributed by atoms with E-state index in [9.17, 15) is 9.50 Å². The van der Waals surface area contributed by atoms with Gasteiger partial charge in [-0.15, -0.1) is 0 Å². The second-order valence-electron chi connectivity index (χ2n) is 6.83. The first-order valence-electron chi connectivity index (χ1n) is 8.25. The highest BCUT2D eigenvalue weighted by molar-refractivity contribution is 5.37. The molecule has 1 saturated heterocycles. The van der Waals surface area contributed by atoms with E-state index in [4.69, 9.17) is 0 Å². The van der Waals surface area contributed by atoms with Gasteiger partial charge >= 0.3 is 0 Å². The predicted molar refractivity (Wildman–Crippen MR) is 93.8 cm³/mol. The van der Waals surface area contributed by atoms with E-state index in [2.05, 4.69) is 28.9 Å². The second-order valence-corrected chi connectivity index (χ2v) is 6.83. The summed E-state index contributed by atoms with van der Waals surface area (Å²) in [6.45, 7) is 5.28. The third kappa shape index (κ3) is 4.23. The molecule has 0 aromatic heterocycles. The number of hydrogen-bond donors (Lipinski definition) is 1.